The smallest absolute Gasteiger partial charge is 0.143 e. The summed E-state index contributed by atoms with van der Waals surface area (Å²) < 4.78 is 10.7. The third-order valence-electron chi connectivity index (χ3n) is 2.92. The molecule has 0 aliphatic carbocycles. The molecule has 3 rings (SSSR count). The molecule has 1 aromatic carbocycles. The van der Waals surface area contributed by atoms with Gasteiger partial charge >= 0.3 is 0 Å². The van der Waals surface area contributed by atoms with Crippen LogP contribution in [0.4, 0.5) is 0 Å². The number of hydrogen-bond acceptors (Lipinski definition) is 5. The van der Waals surface area contributed by atoms with Crippen molar-refractivity contribution in [3.8, 4) is 11.3 Å². The molecule has 102 valence electrons. The summed E-state index contributed by atoms with van der Waals surface area (Å²) in [7, 11) is 0. The summed E-state index contributed by atoms with van der Waals surface area (Å²) in [6, 6.07) is 10.1. The molecule has 0 atom stereocenters. The minimum Gasteiger partial charge on any atom is -0.370 e. The molecule has 0 amide bonds. The van der Waals surface area contributed by atoms with E-state index < -0.39 is 0 Å². The molecule has 0 aliphatic heterocycles. The van der Waals surface area contributed by atoms with E-state index in [0.717, 1.165) is 22.0 Å². The van der Waals surface area contributed by atoms with E-state index in [9.17, 15) is 0 Å². The minimum atomic E-state index is 0.518. The van der Waals surface area contributed by atoms with Gasteiger partial charge in [-0.1, -0.05) is 35.5 Å². The van der Waals surface area contributed by atoms with Crippen LogP contribution in [0, 0.1) is 6.92 Å². The minimum absolute atomic E-state index is 0.518. The molecule has 0 fully saturated rings. The highest BCUT2D eigenvalue weighted by Crippen LogP contribution is 2.25. The average Bonchev–Trinajstić information content (AvgIpc) is 3.09. The van der Waals surface area contributed by atoms with Gasteiger partial charge in [-0.25, -0.2) is 4.98 Å². The highest BCUT2D eigenvalue weighted by molar-refractivity contribution is 7.09. The summed E-state index contributed by atoms with van der Waals surface area (Å²) in [5.74, 6) is 0.784. The first-order valence-corrected chi connectivity index (χ1v) is 7.18. The van der Waals surface area contributed by atoms with Gasteiger partial charge in [0.2, 0.25) is 0 Å². The van der Waals surface area contributed by atoms with Crippen molar-refractivity contribution < 1.29 is 9.26 Å². The van der Waals surface area contributed by atoms with E-state index in [4.69, 9.17) is 9.26 Å². The van der Waals surface area contributed by atoms with Crippen LogP contribution in [0.3, 0.4) is 0 Å². The molecular formula is C15H14N2O2S. The van der Waals surface area contributed by atoms with E-state index in [2.05, 4.69) is 10.1 Å². The lowest BCUT2D eigenvalue weighted by Crippen LogP contribution is -1.93. The second-order valence-corrected chi connectivity index (χ2v) is 5.34. The summed E-state index contributed by atoms with van der Waals surface area (Å²) in [6.07, 6.45) is 1.69. The van der Waals surface area contributed by atoms with Crippen LogP contribution in [0.25, 0.3) is 11.3 Å². The maximum Gasteiger partial charge on any atom is 0.143 e. The number of hydrogen-bond donors (Lipinski definition) is 0. The molecule has 0 unspecified atom stereocenters. The van der Waals surface area contributed by atoms with Gasteiger partial charge in [-0.05, 0) is 12.5 Å². The van der Waals surface area contributed by atoms with Crippen molar-refractivity contribution >= 4 is 11.3 Å². The van der Waals surface area contributed by atoms with Crippen LogP contribution in [0.2, 0.25) is 0 Å². The second-order valence-electron chi connectivity index (χ2n) is 4.40. The van der Waals surface area contributed by atoms with Crippen LogP contribution in [0.15, 0.2) is 46.4 Å². The summed E-state index contributed by atoms with van der Waals surface area (Å²) >= 11 is 1.59. The Balaban J connectivity index is 1.59. The monoisotopic (exact) mass is 286 g/mol. The third-order valence-corrected chi connectivity index (χ3v) is 3.74. The highest BCUT2D eigenvalue weighted by Gasteiger charge is 2.10. The number of aromatic nitrogens is 2. The van der Waals surface area contributed by atoms with E-state index in [0.29, 0.717) is 13.2 Å². The quantitative estimate of drug-likeness (QED) is 0.715. The molecule has 0 aliphatic rings. The van der Waals surface area contributed by atoms with Gasteiger partial charge in [-0.15, -0.1) is 11.3 Å². The average molecular weight is 286 g/mol. The lowest BCUT2D eigenvalue weighted by Gasteiger charge is -2.01. The summed E-state index contributed by atoms with van der Waals surface area (Å²) in [4.78, 5) is 4.54. The molecule has 5 heteroatoms. The van der Waals surface area contributed by atoms with E-state index in [-0.39, 0.29) is 0 Å². The van der Waals surface area contributed by atoms with Crippen LogP contribution < -0.4 is 0 Å². The van der Waals surface area contributed by atoms with Crippen LogP contribution in [0.1, 0.15) is 16.3 Å². The molecule has 0 spiro atoms. The molecule has 20 heavy (non-hydrogen) atoms. The standard InChI is InChI=1S/C15H14N2O2S/c1-11-13(7-16-19-11)14-10-20-15(17-14)9-18-8-12-5-3-2-4-6-12/h2-7,10H,8-9H2,1H3. The summed E-state index contributed by atoms with van der Waals surface area (Å²) in [5, 5.41) is 6.72. The first-order chi connectivity index (χ1) is 9.83. The van der Waals surface area contributed by atoms with Gasteiger partial charge in [0.15, 0.2) is 0 Å². The fourth-order valence-corrected chi connectivity index (χ4v) is 2.61. The van der Waals surface area contributed by atoms with Crippen molar-refractivity contribution in [2.45, 2.75) is 20.1 Å². The number of benzene rings is 1. The lowest BCUT2D eigenvalue weighted by molar-refractivity contribution is 0.107. The van der Waals surface area contributed by atoms with Crippen molar-refractivity contribution in [3.63, 3.8) is 0 Å². The summed E-state index contributed by atoms with van der Waals surface area (Å²) in [5.41, 5.74) is 3.00. The van der Waals surface area contributed by atoms with Crippen LogP contribution in [-0.2, 0) is 18.0 Å². The Kier molecular flexibility index (Phi) is 3.90. The van der Waals surface area contributed by atoms with E-state index >= 15 is 0 Å². The molecule has 2 aromatic heterocycles. The van der Waals surface area contributed by atoms with Gasteiger partial charge in [-0.3, -0.25) is 0 Å². The Morgan fingerprint density at radius 3 is 2.80 bits per heavy atom. The van der Waals surface area contributed by atoms with Gasteiger partial charge in [0.1, 0.15) is 10.8 Å². The molecule has 0 saturated carbocycles. The predicted octanol–water partition coefficient (Wildman–Crippen LogP) is 3.82. The largest absolute Gasteiger partial charge is 0.370 e. The number of thiazole rings is 1. The zero-order valence-electron chi connectivity index (χ0n) is 11.1. The molecule has 2 heterocycles. The summed E-state index contributed by atoms with van der Waals surface area (Å²) in [6.45, 7) is 3.00. The number of aryl methyl sites for hydroxylation is 1. The Labute approximate surface area is 121 Å². The molecule has 4 nitrogen and oxygen atoms in total. The zero-order chi connectivity index (χ0) is 13.8. The number of ether oxygens (including phenoxy) is 1. The Bertz CT molecular complexity index is 676. The molecule has 0 radical (unpaired) electrons. The molecule has 0 bridgehead atoms. The normalized spacial score (nSPS) is 10.8. The topological polar surface area (TPSA) is 48.2 Å². The Hall–Kier alpha value is -1.98. The van der Waals surface area contributed by atoms with Crippen LogP contribution >= 0.6 is 11.3 Å². The van der Waals surface area contributed by atoms with Crippen molar-refractivity contribution in [2.24, 2.45) is 0 Å². The first kappa shape index (κ1) is 13.0. The van der Waals surface area contributed by atoms with Crippen molar-refractivity contribution in [2.75, 3.05) is 0 Å². The van der Waals surface area contributed by atoms with E-state index in [1.165, 1.54) is 5.56 Å². The van der Waals surface area contributed by atoms with Gasteiger partial charge in [0, 0.05) is 5.38 Å². The number of nitrogens with zero attached hydrogens (tertiary/aromatic N) is 2. The fourth-order valence-electron chi connectivity index (χ4n) is 1.88. The van der Waals surface area contributed by atoms with Crippen molar-refractivity contribution in [1.82, 2.24) is 10.1 Å². The molecular weight excluding hydrogens is 272 g/mol. The third kappa shape index (κ3) is 2.95. The van der Waals surface area contributed by atoms with Gasteiger partial charge in [0.05, 0.1) is 30.7 Å². The molecule has 0 saturated heterocycles. The second kappa shape index (κ2) is 5.98. The van der Waals surface area contributed by atoms with Gasteiger partial charge in [0.25, 0.3) is 0 Å². The first-order valence-electron chi connectivity index (χ1n) is 6.30. The van der Waals surface area contributed by atoms with Gasteiger partial charge < -0.3 is 9.26 Å². The number of rotatable bonds is 5. The molecule has 3 aromatic rings. The lowest BCUT2D eigenvalue weighted by atomic mass is 10.2. The fraction of sp³-hybridized carbons (Fsp3) is 0.200. The van der Waals surface area contributed by atoms with E-state index in [1.54, 1.807) is 17.5 Å². The zero-order valence-corrected chi connectivity index (χ0v) is 11.9. The predicted molar refractivity (Wildman–Crippen MR) is 77.3 cm³/mol. The Morgan fingerprint density at radius 1 is 1.20 bits per heavy atom. The van der Waals surface area contributed by atoms with Crippen molar-refractivity contribution in [1.29, 1.82) is 0 Å². The maximum absolute atomic E-state index is 5.68. The van der Waals surface area contributed by atoms with Crippen LogP contribution in [0.5, 0.6) is 0 Å². The maximum atomic E-state index is 5.68. The van der Waals surface area contributed by atoms with Crippen molar-refractivity contribution in [3.05, 3.63) is 58.2 Å². The Morgan fingerprint density at radius 2 is 2.05 bits per heavy atom. The van der Waals surface area contributed by atoms with Gasteiger partial charge in [-0.2, -0.15) is 0 Å². The molecule has 0 N–H and O–H groups in total. The SMILES string of the molecule is Cc1oncc1-c1csc(COCc2ccccc2)n1. The highest BCUT2D eigenvalue weighted by atomic mass is 32.1. The van der Waals surface area contributed by atoms with E-state index in [1.807, 2.05) is 42.6 Å². The van der Waals surface area contributed by atoms with Crippen LogP contribution in [-0.4, -0.2) is 10.1 Å².